The average Bonchev–Trinajstić information content (AvgIpc) is 3.21. The van der Waals surface area contributed by atoms with Gasteiger partial charge in [-0.1, -0.05) is 49.4 Å². The Kier molecular flexibility index (Phi) is 12.9. The van der Waals surface area contributed by atoms with Crippen LogP contribution in [0.3, 0.4) is 0 Å². The molecule has 1 atom stereocenters. The van der Waals surface area contributed by atoms with E-state index in [-0.39, 0.29) is 11.7 Å². The molecule has 1 rings (SSSR count). The summed E-state index contributed by atoms with van der Waals surface area (Å²) >= 11 is 1.59. The number of nitrogens with one attached hydrogen (secondary N) is 1. The predicted octanol–water partition coefficient (Wildman–Crippen LogP) is 7.80. The number of rotatable bonds is 13. The third-order valence-electron chi connectivity index (χ3n) is 5.38. The molecule has 200 valence electrons. The van der Waals surface area contributed by atoms with E-state index in [0.717, 1.165) is 47.0 Å². The Bertz CT molecular complexity index is 1040. The van der Waals surface area contributed by atoms with Crippen LogP contribution in [0.4, 0.5) is 8.78 Å². The Hall–Kier alpha value is -2.61. The highest BCUT2D eigenvalue weighted by molar-refractivity contribution is 8.07. The molecule has 5 nitrogen and oxygen atoms in total. The van der Waals surface area contributed by atoms with Gasteiger partial charge >= 0.3 is 0 Å². The van der Waals surface area contributed by atoms with E-state index in [1.54, 1.807) is 11.8 Å². The topological polar surface area (TPSA) is 56.1 Å². The van der Waals surface area contributed by atoms with Gasteiger partial charge in [0.1, 0.15) is 17.1 Å². The van der Waals surface area contributed by atoms with Crippen molar-refractivity contribution in [3.63, 3.8) is 0 Å². The van der Waals surface area contributed by atoms with Crippen LogP contribution in [0.2, 0.25) is 0 Å². The fourth-order valence-corrected chi connectivity index (χ4v) is 4.51. The lowest BCUT2D eigenvalue weighted by Gasteiger charge is -2.21. The lowest BCUT2D eigenvalue weighted by molar-refractivity contribution is 0.0122. The Morgan fingerprint density at radius 1 is 1.31 bits per heavy atom. The monoisotopic (exact) mass is 521 g/mol. The molecule has 1 unspecified atom stereocenters. The smallest absolute Gasteiger partial charge is 0.288 e. The van der Waals surface area contributed by atoms with Crippen molar-refractivity contribution in [3.8, 4) is 0 Å². The van der Waals surface area contributed by atoms with E-state index in [9.17, 15) is 13.6 Å². The lowest BCUT2D eigenvalue weighted by atomic mass is 10.1. The zero-order valence-corrected chi connectivity index (χ0v) is 23.9. The first-order valence-electron chi connectivity index (χ1n) is 12.4. The number of hydrogen-bond donors (Lipinski definition) is 1. The fourth-order valence-electron chi connectivity index (χ4n) is 3.35. The van der Waals surface area contributed by atoms with Crippen LogP contribution in [0.25, 0.3) is 0 Å². The maximum absolute atomic E-state index is 13.7. The van der Waals surface area contributed by atoms with Crippen molar-refractivity contribution in [1.82, 2.24) is 15.1 Å². The van der Waals surface area contributed by atoms with Crippen LogP contribution < -0.4 is 5.32 Å². The number of carbonyl (C=O) groups is 1. The van der Waals surface area contributed by atoms with Crippen molar-refractivity contribution in [3.05, 3.63) is 74.5 Å². The zero-order valence-electron chi connectivity index (χ0n) is 23.0. The fraction of sp³-hybridized carbons (Fsp3) is 0.500. The Labute approximate surface area is 219 Å². The summed E-state index contributed by atoms with van der Waals surface area (Å²) in [6.45, 7) is 15.4. The molecule has 36 heavy (non-hydrogen) atoms. The second kappa shape index (κ2) is 14.8. The number of aromatic nitrogens is 2. The molecule has 0 saturated carbocycles. The quantitative estimate of drug-likeness (QED) is 0.212. The lowest BCUT2D eigenvalue weighted by Crippen LogP contribution is -2.34. The minimum absolute atomic E-state index is 0.0832. The van der Waals surface area contributed by atoms with Gasteiger partial charge in [-0.25, -0.2) is 0 Å². The van der Waals surface area contributed by atoms with Gasteiger partial charge in [0.05, 0.1) is 12.6 Å². The highest BCUT2D eigenvalue weighted by Gasteiger charge is 2.30. The number of ether oxygens (including phenoxy) is 1. The molecule has 1 N–H and O–H groups in total. The molecule has 0 aromatic carbocycles. The van der Waals surface area contributed by atoms with E-state index in [0.29, 0.717) is 6.61 Å². The number of nitrogens with zero attached hydrogens (tertiary/aromatic N) is 2. The van der Waals surface area contributed by atoms with Crippen LogP contribution >= 0.6 is 11.8 Å². The summed E-state index contributed by atoms with van der Waals surface area (Å²) in [6.07, 6.45) is 11.8. The first kappa shape index (κ1) is 31.4. The molecule has 1 heterocycles. The van der Waals surface area contributed by atoms with Crippen molar-refractivity contribution in [2.24, 2.45) is 7.05 Å². The van der Waals surface area contributed by atoms with Gasteiger partial charge in [-0.15, -0.1) is 0 Å². The number of hydrogen-bond acceptors (Lipinski definition) is 4. The Morgan fingerprint density at radius 3 is 2.44 bits per heavy atom. The molecule has 0 aliphatic rings. The molecular formula is C28H41F2N3O2S. The maximum atomic E-state index is 13.7. The van der Waals surface area contributed by atoms with Gasteiger partial charge in [0, 0.05) is 23.8 Å². The van der Waals surface area contributed by atoms with Gasteiger partial charge < -0.3 is 10.1 Å². The van der Waals surface area contributed by atoms with Gasteiger partial charge in [-0.05, 0) is 71.3 Å². The van der Waals surface area contributed by atoms with Crippen LogP contribution in [-0.2, 0) is 17.7 Å². The second-order valence-corrected chi connectivity index (χ2v) is 9.51. The molecule has 0 fully saturated rings. The highest BCUT2D eigenvalue weighted by Crippen LogP contribution is 2.37. The van der Waals surface area contributed by atoms with Crippen LogP contribution in [0.1, 0.15) is 84.4 Å². The molecule has 1 amide bonds. The summed E-state index contributed by atoms with van der Waals surface area (Å²) in [5, 5.41) is 6.74. The third kappa shape index (κ3) is 9.12. The summed E-state index contributed by atoms with van der Waals surface area (Å²) in [4.78, 5) is 14.9. The summed E-state index contributed by atoms with van der Waals surface area (Å²) in [6, 6.07) is 0.788. The highest BCUT2D eigenvalue weighted by atomic mass is 32.2. The van der Waals surface area contributed by atoms with Gasteiger partial charge in [-0.2, -0.15) is 13.9 Å². The molecule has 0 aliphatic heterocycles. The summed E-state index contributed by atoms with van der Waals surface area (Å²) < 4.78 is 34.4. The SMILES string of the molecule is C\C=C/C(=C\C(=C\CC)OCC)C(S/C(=C\C)C(C)NC(=O)c1cc(C(C)(F)F)nn1C)=C(C)CC. The second-order valence-electron chi connectivity index (χ2n) is 8.43. The molecule has 0 saturated heterocycles. The minimum Gasteiger partial charge on any atom is -0.494 e. The van der Waals surface area contributed by atoms with E-state index in [2.05, 4.69) is 43.3 Å². The first-order valence-corrected chi connectivity index (χ1v) is 13.2. The number of aryl methyl sites for hydroxylation is 1. The van der Waals surface area contributed by atoms with Crippen molar-refractivity contribution >= 4 is 17.7 Å². The number of halogens is 2. The van der Waals surface area contributed by atoms with Gasteiger partial charge in [0.25, 0.3) is 11.8 Å². The third-order valence-corrected chi connectivity index (χ3v) is 6.99. The molecule has 0 radical (unpaired) electrons. The van der Waals surface area contributed by atoms with E-state index >= 15 is 0 Å². The van der Waals surface area contributed by atoms with Gasteiger partial charge in [0.2, 0.25) is 0 Å². The molecule has 0 bridgehead atoms. The van der Waals surface area contributed by atoms with Crippen LogP contribution in [-0.4, -0.2) is 28.3 Å². The number of thioether (sulfide) groups is 1. The largest absolute Gasteiger partial charge is 0.494 e. The average molecular weight is 522 g/mol. The molecule has 0 aliphatic carbocycles. The molecule has 0 spiro atoms. The number of amides is 1. The summed E-state index contributed by atoms with van der Waals surface area (Å²) in [5.41, 5.74) is 1.88. The van der Waals surface area contributed by atoms with E-state index in [1.165, 1.54) is 17.3 Å². The summed E-state index contributed by atoms with van der Waals surface area (Å²) in [7, 11) is 1.49. The first-order chi connectivity index (χ1) is 16.9. The van der Waals surface area contributed by atoms with Crippen molar-refractivity contribution in [1.29, 1.82) is 0 Å². The molecule has 1 aromatic heterocycles. The predicted molar refractivity (Wildman–Crippen MR) is 147 cm³/mol. The van der Waals surface area contributed by atoms with Crippen LogP contribution in [0.5, 0.6) is 0 Å². The van der Waals surface area contributed by atoms with E-state index < -0.39 is 17.5 Å². The van der Waals surface area contributed by atoms with Crippen LogP contribution in [0.15, 0.2) is 63.2 Å². The number of carbonyl (C=O) groups excluding carboxylic acids is 1. The minimum atomic E-state index is -3.12. The van der Waals surface area contributed by atoms with Gasteiger partial charge in [0.15, 0.2) is 0 Å². The maximum Gasteiger partial charge on any atom is 0.288 e. The van der Waals surface area contributed by atoms with Crippen molar-refractivity contribution in [2.75, 3.05) is 6.61 Å². The Morgan fingerprint density at radius 2 is 1.97 bits per heavy atom. The Balaban J connectivity index is 3.29. The van der Waals surface area contributed by atoms with Crippen LogP contribution in [0, 0.1) is 0 Å². The van der Waals surface area contributed by atoms with Crippen molar-refractivity contribution < 1.29 is 18.3 Å². The van der Waals surface area contributed by atoms with Crippen molar-refractivity contribution in [2.45, 2.75) is 80.2 Å². The molecule has 1 aromatic rings. The zero-order chi connectivity index (χ0) is 27.5. The molecule has 8 heteroatoms. The van der Waals surface area contributed by atoms with E-state index in [1.807, 2.05) is 45.9 Å². The van der Waals surface area contributed by atoms with E-state index in [4.69, 9.17) is 4.74 Å². The summed E-state index contributed by atoms with van der Waals surface area (Å²) in [5.74, 6) is -2.76. The number of alkyl halides is 2. The normalized spacial score (nSPS) is 15.2. The number of allylic oxidation sites excluding steroid dienone is 7. The standard InChI is InChI=1S/C28H41F2N3O2S/c1-10-15-21(17-22(16-11-2)35-14-5)26(19(6)12-3)36-24(13-4)20(7)31-27(34)23-18-25(28(8,29)30)32-33(23)9/h10,13,15-18,20H,11-12,14H2,1-9H3,(H,31,34)/b15-10-,21-17+,22-16-,24-13-,26-19?. The van der Waals surface area contributed by atoms with Gasteiger partial charge in [-0.3, -0.25) is 9.48 Å². The molecular weight excluding hydrogens is 480 g/mol.